The molecule has 5 heteroatoms. The van der Waals surface area contributed by atoms with E-state index in [4.69, 9.17) is 4.74 Å². The van der Waals surface area contributed by atoms with Crippen LogP contribution in [0.2, 0.25) is 0 Å². The Morgan fingerprint density at radius 3 is 2.86 bits per heavy atom. The fourth-order valence-electron chi connectivity index (χ4n) is 1.84. The van der Waals surface area contributed by atoms with Crippen molar-refractivity contribution in [1.29, 1.82) is 0 Å². The second-order valence-electron chi connectivity index (χ2n) is 4.23. The van der Waals surface area contributed by atoms with Crippen LogP contribution in [0, 0.1) is 5.82 Å². The van der Waals surface area contributed by atoms with E-state index in [-0.39, 0.29) is 11.8 Å². The highest BCUT2D eigenvalue weighted by atomic mass is 32.2. The van der Waals surface area contributed by atoms with Crippen molar-refractivity contribution in [3.8, 4) is 11.3 Å². The zero-order valence-electron chi connectivity index (χ0n) is 11.7. The Kier molecular flexibility index (Phi) is 5.75. The first kappa shape index (κ1) is 15.5. The molecular formula is C16H16FNO2S. The molecule has 0 amide bonds. The summed E-state index contributed by atoms with van der Waals surface area (Å²) in [4.78, 5) is 16.5. The highest BCUT2D eigenvalue weighted by Crippen LogP contribution is 2.31. The second kappa shape index (κ2) is 7.78. The molecule has 0 aliphatic heterocycles. The van der Waals surface area contributed by atoms with Crippen LogP contribution in [0.25, 0.3) is 11.3 Å². The van der Waals surface area contributed by atoms with Gasteiger partial charge in [-0.3, -0.25) is 9.78 Å². The summed E-state index contributed by atoms with van der Waals surface area (Å²) < 4.78 is 18.8. The number of hydrogen-bond acceptors (Lipinski definition) is 4. The number of rotatable bonds is 6. The largest absolute Gasteiger partial charge is 0.466 e. The van der Waals surface area contributed by atoms with Crippen LogP contribution in [0.4, 0.5) is 4.39 Å². The zero-order valence-corrected chi connectivity index (χ0v) is 12.5. The van der Waals surface area contributed by atoms with Gasteiger partial charge in [0.15, 0.2) is 0 Å². The molecule has 1 aromatic heterocycles. The van der Waals surface area contributed by atoms with Gasteiger partial charge in [0, 0.05) is 22.4 Å². The Morgan fingerprint density at radius 2 is 2.10 bits per heavy atom. The Hall–Kier alpha value is -1.88. The summed E-state index contributed by atoms with van der Waals surface area (Å²) in [6, 6.07) is 10.2. The van der Waals surface area contributed by atoms with Crippen molar-refractivity contribution in [3.63, 3.8) is 0 Å². The molecule has 2 aromatic rings. The van der Waals surface area contributed by atoms with Gasteiger partial charge < -0.3 is 4.74 Å². The van der Waals surface area contributed by atoms with E-state index in [1.807, 2.05) is 6.07 Å². The summed E-state index contributed by atoms with van der Waals surface area (Å²) >= 11 is 1.47. The van der Waals surface area contributed by atoms with Crippen molar-refractivity contribution < 1.29 is 13.9 Å². The summed E-state index contributed by atoms with van der Waals surface area (Å²) in [5.41, 5.74) is 1.07. The van der Waals surface area contributed by atoms with Gasteiger partial charge >= 0.3 is 5.97 Å². The van der Waals surface area contributed by atoms with Crippen LogP contribution in [0.15, 0.2) is 47.5 Å². The van der Waals surface area contributed by atoms with Crippen molar-refractivity contribution in [2.75, 3.05) is 12.4 Å². The van der Waals surface area contributed by atoms with Crippen molar-refractivity contribution in [3.05, 3.63) is 48.4 Å². The summed E-state index contributed by atoms with van der Waals surface area (Å²) in [6.45, 7) is 2.17. The lowest BCUT2D eigenvalue weighted by Gasteiger charge is -2.09. The fraction of sp³-hybridized carbons (Fsp3) is 0.250. The molecule has 1 aromatic carbocycles. The molecule has 3 nitrogen and oxygen atoms in total. The maximum absolute atomic E-state index is 13.9. The third-order valence-corrected chi connectivity index (χ3v) is 3.82. The molecule has 1 heterocycles. The minimum absolute atomic E-state index is 0.221. The maximum atomic E-state index is 13.9. The third-order valence-electron chi connectivity index (χ3n) is 2.77. The Morgan fingerprint density at radius 1 is 1.29 bits per heavy atom. The van der Waals surface area contributed by atoms with E-state index in [1.165, 1.54) is 17.8 Å². The molecule has 21 heavy (non-hydrogen) atoms. The molecule has 0 saturated carbocycles. The van der Waals surface area contributed by atoms with E-state index in [1.54, 1.807) is 37.4 Å². The molecule has 0 aliphatic rings. The molecule has 0 atom stereocenters. The van der Waals surface area contributed by atoms with Crippen LogP contribution in [-0.2, 0) is 9.53 Å². The van der Waals surface area contributed by atoms with Crippen molar-refractivity contribution >= 4 is 17.7 Å². The van der Waals surface area contributed by atoms with Gasteiger partial charge in [0.2, 0.25) is 0 Å². The summed E-state index contributed by atoms with van der Waals surface area (Å²) in [5.74, 6) is 0.0520. The first-order valence-electron chi connectivity index (χ1n) is 6.70. The first-order valence-corrected chi connectivity index (χ1v) is 7.69. The van der Waals surface area contributed by atoms with Gasteiger partial charge in [-0.2, -0.15) is 0 Å². The zero-order chi connectivity index (χ0) is 15.1. The van der Waals surface area contributed by atoms with Gasteiger partial charge in [0.25, 0.3) is 0 Å². The molecular weight excluding hydrogens is 289 g/mol. The number of halogens is 1. The van der Waals surface area contributed by atoms with E-state index < -0.39 is 0 Å². The number of thioether (sulfide) groups is 1. The predicted molar refractivity (Wildman–Crippen MR) is 81.6 cm³/mol. The molecule has 0 bridgehead atoms. The Bertz CT molecular complexity index is 619. The monoisotopic (exact) mass is 305 g/mol. The quantitative estimate of drug-likeness (QED) is 0.599. The van der Waals surface area contributed by atoms with Crippen LogP contribution >= 0.6 is 11.8 Å². The Balaban J connectivity index is 2.11. The number of ether oxygens (including phenoxy) is 1. The Labute approximate surface area is 127 Å². The number of hydrogen-bond donors (Lipinski definition) is 0. The standard InChI is InChI=1S/C16H16FNO2S/c1-2-20-15(19)9-11-21-14-8-5-10-18-16(14)12-6-3-4-7-13(12)17/h3-8,10H,2,9,11H2,1H3. The fourth-order valence-corrected chi connectivity index (χ4v) is 2.80. The molecule has 0 spiro atoms. The van der Waals surface area contributed by atoms with E-state index in [9.17, 15) is 9.18 Å². The highest BCUT2D eigenvalue weighted by molar-refractivity contribution is 7.99. The topological polar surface area (TPSA) is 39.2 Å². The van der Waals surface area contributed by atoms with Crippen molar-refractivity contribution in [2.45, 2.75) is 18.2 Å². The van der Waals surface area contributed by atoms with Crippen LogP contribution < -0.4 is 0 Å². The van der Waals surface area contributed by atoms with Crippen molar-refractivity contribution in [1.82, 2.24) is 4.98 Å². The molecule has 110 valence electrons. The average molecular weight is 305 g/mol. The number of carbonyl (C=O) groups is 1. The third kappa shape index (κ3) is 4.29. The van der Waals surface area contributed by atoms with Gasteiger partial charge in [0.1, 0.15) is 5.82 Å². The SMILES string of the molecule is CCOC(=O)CCSc1cccnc1-c1ccccc1F. The van der Waals surface area contributed by atoms with Crippen LogP contribution in [0.5, 0.6) is 0 Å². The number of carbonyl (C=O) groups excluding carboxylic acids is 1. The number of benzene rings is 1. The van der Waals surface area contributed by atoms with Crippen molar-refractivity contribution in [2.24, 2.45) is 0 Å². The average Bonchev–Trinajstić information content (AvgIpc) is 2.49. The smallest absolute Gasteiger partial charge is 0.306 e. The van der Waals surface area contributed by atoms with Crippen LogP contribution in [0.3, 0.4) is 0 Å². The minimum atomic E-state index is -0.302. The van der Waals surface area contributed by atoms with E-state index in [2.05, 4.69) is 4.98 Å². The second-order valence-corrected chi connectivity index (χ2v) is 5.37. The molecule has 0 radical (unpaired) electrons. The summed E-state index contributed by atoms with van der Waals surface area (Å²) in [5, 5.41) is 0. The summed E-state index contributed by atoms with van der Waals surface area (Å²) in [7, 11) is 0. The molecule has 0 N–H and O–H groups in total. The number of pyridine rings is 1. The van der Waals surface area contributed by atoms with Crippen LogP contribution in [0.1, 0.15) is 13.3 Å². The van der Waals surface area contributed by atoms with Gasteiger partial charge in [-0.05, 0) is 31.2 Å². The van der Waals surface area contributed by atoms with E-state index in [0.29, 0.717) is 30.0 Å². The molecule has 2 rings (SSSR count). The minimum Gasteiger partial charge on any atom is -0.466 e. The maximum Gasteiger partial charge on any atom is 0.306 e. The molecule has 0 aliphatic carbocycles. The van der Waals surface area contributed by atoms with Crippen LogP contribution in [-0.4, -0.2) is 23.3 Å². The first-order chi connectivity index (χ1) is 10.2. The van der Waals surface area contributed by atoms with Gasteiger partial charge in [-0.25, -0.2) is 4.39 Å². The normalized spacial score (nSPS) is 10.4. The van der Waals surface area contributed by atoms with Gasteiger partial charge in [-0.15, -0.1) is 11.8 Å². The lowest BCUT2D eigenvalue weighted by atomic mass is 10.1. The lowest BCUT2D eigenvalue weighted by Crippen LogP contribution is -2.04. The van der Waals surface area contributed by atoms with E-state index >= 15 is 0 Å². The number of aromatic nitrogens is 1. The predicted octanol–water partition coefficient (Wildman–Crippen LogP) is 3.93. The molecule has 0 fully saturated rings. The van der Waals surface area contributed by atoms with Gasteiger partial charge in [0.05, 0.1) is 18.7 Å². The number of nitrogens with zero attached hydrogens (tertiary/aromatic N) is 1. The molecule has 0 saturated heterocycles. The van der Waals surface area contributed by atoms with Gasteiger partial charge in [-0.1, -0.05) is 12.1 Å². The number of esters is 1. The highest BCUT2D eigenvalue weighted by Gasteiger charge is 2.11. The lowest BCUT2D eigenvalue weighted by molar-refractivity contribution is -0.142. The van der Waals surface area contributed by atoms with E-state index in [0.717, 1.165) is 4.90 Å². The summed E-state index contributed by atoms with van der Waals surface area (Å²) in [6.07, 6.45) is 1.96. The molecule has 0 unspecified atom stereocenters.